The van der Waals surface area contributed by atoms with Gasteiger partial charge in [-0.05, 0) is 30.9 Å². The van der Waals surface area contributed by atoms with Crippen molar-refractivity contribution < 1.29 is 9.84 Å². The van der Waals surface area contributed by atoms with Crippen molar-refractivity contribution in [3.05, 3.63) is 70.8 Å². The fraction of sp³-hybridized carbons (Fsp3) is 0.409. The maximum absolute atomic E-state index is 9.04. The zero-order valence-corrected chi connectivity index (χ0v) is 15.5. The van der Waals surface area contributed by atoms with Gasteiger partial charge in [-0.3, -0.25) is 4.99 Å². The van der Waals surface area contributed by atoms with Gasteiger partial charge in [-0.15, -0.1) is 0 Å². The molecule has 2 aromatic carbocycles. The summed E-state index contributed by atoms with van der Waals surface area (Å²) in [6.07, 6.45) is 1.92. The smallest absolute Gasteiger partial charge is 0.0778 e. The number of aliphatic imine (C=N–C) groups is 1. The highest BCUT2D eigenvalue weighted by molar-refractivity contribution is 6.12. The van der Waals surface area contributed by atoms with Gasteiger partial charge in [-0.1, -0.05) is 62.4 Å². The number of aliphatic hydroxyl groups is 1. The summed E-state index contributed by atoms with van der Waals surface area (Å²) < 4.78 is 5.53. The fourth-order valence-electron chi connectivity index (χ4n) is 2.61. The molecule has 0 aliphatic rings. The van der Waals surface area contributed by atoms with E-state index in [0.29, 0.717) is 13.2 Å². The van der Waals surface area contributed by atoms with Crippen molar-refractivity contribution in [3.8, 4) is 0 Å². The molecule has 3 nitrogen and oxygen atoms in total. The van der Waals surface area contributed by atoms with Crippen molar-refractivity contribution in [1.82, 2.24) is 0 Å². The molecule has 0 saturated carbocycles. The third kappa shape index (κ3) is 5.80. The number of hydrogen-bond acceptors (Lipinski definition) is 3. The predicted molar refractivity (Wildman–Crippen MR) is 105 cm³/mol. The summed E-state index contributed by atoms with van der Waals surface area (Å²) in [6.45, 7) is 7.29. The zero-order valence-electron chi connectivity index (χ0n) is 15.5. The predicted octanol–water partition coefficient (Wildman–Crippen LogP) is 4.05. The van der Waals surface area contributed by atoms with Crippen LogP contribution in [-0.4, -0.2) is 36.7 Å². The van der Waals surface area contributed by atoms with E-state index in [0.717, 1.165) is 29.7 Å². The van der Waals surface area contributed by atoms with Gasteiger partial charge in [0.15, 0.2) is 0 Å². The second-order valence-corrected chi connectivity index (χ2v) is 6.20. The summed E-state index contributed by atoms with van der Waals surface area (Å²) in [5.41, 5.74) is 5.88. The van der Waals surface area contributed by atoms with Gasteiger partial charge < -0.3 is 9.84 Å². The van der Waals surface area contributed by atoms with Crippen LogP contribution in [-0.2, 0) is 17.6 Å². The van der Waals surface area contributed by atoms with Gasteiger partial charge in [0.05, 0.1) is 31.6 Å². The molecule has 0 heterocycles. The van der Waals surface area contributed by atoms with Gasteiger partial charge >= 0.3 is 0 Å². The lowest BCUT2D eigenvalue weighted by Crippen LogP contribution is -2.15. The van der Waals surface area contributed by atoms with Gasteiger partial charge in [0.1, 0.15) is 0 Å². The minimum Gasteiger partial charge on any atom is -0.394 e. The first-order valence-electron chi connectivity index (χ1n) is 9.13. The number of benzene rings is 2. The topological polar surface area (TPSA) is 41.8 Å². The van der Waals surface area contributed by atoms with Crippen molar-refractivity contribution in [2.75, 3.05) is 19.8 Å². The Hall–Kier alpha value is -1.97. The van der Waals surface area contributed by atoms with Crippen LogP contribution in [0.25, 0.3) is 0 Å². The molecule has 0 fully saturated rings. The van der Waals surface area contributed by atoms with Crippen LogP contribution in [0.1, 0.15) is 43.0 Å². The molecule has 0 bridgehead atoms. The number of nitrogens with zero attached hydrogens (tertiary/aromatic N) is 1. The quantitative estimate of drug-likeness (QED) is 0.553. The molecular formula is C22H29NO2. The van der Waals surface area contributed by atoms with Gasteiger partial charge in [0, 0.05) is 11.1 Å². The van der Waals surface area contributed by atoms with Crippen LogP contribution in [0, 0.1) is 0 Å². The summed E-state index contributed by atoms with van der Waals surface area (Å²) in [7, 11) is 0. The first-order chi connectivity index (χ1) is 12.2. The number of aryl methyl sites for hydroxylation is 2. The molecule has 1 N–H and O–H groups in total. The van der Waals surface area contributed by atoms with Crippen LogP contribution in [0.2, 0.25) is 0 Å². The van der Waals surface area contributed by atoms with Gasteiger partial charge in [-0.2, -0.15) is 0 Å². The summed E-state index contributed by atoms with van der Waals surface area (Å²) >= 11 is 0. The van der Waals surface area contributed by atoms with E-state index in [-0.39, 0.29) is 12.7 Å². The summed E-state index contributed by atoms with van der Waals surface area (Å²) in [5.74, 6) is 0. The Bertz CT molecular complexity index is 610. The molecule has 2 rings (SSSR count). The molecule has 0 saturated heterocycles. The Kier molecular flexibility index (Phi) is 7.83. The van der Waals surface area contributed by atoms with Gasteiger partial charge in [0.2, 0.25) is 0 Å². The Morgan fingerprint density at radius 3 is 1.80 bits per heavy atom. The highest BCUT2D eigenvalue weighted by Crippen LogP contribution is 2.14. The molecule has 0 aliphatic carbocycles. The number of ether oxygens (including phenoxy) is 1. The summed E-state index contributed by atoms with van der Waals surface area (Å²) in [5, 5.41) is 9.04. The van der Waals surface area contributed by atoms with Crippen LogP contribution in [0.4, 0.5) is 0 Å². The molecule has 0 aromatic heterocycles. The van der Waals surface area contributed by atoms with E-state index in [1.165, 1.54) is 11.1 Å². The molecule has 2 aromatic rings. The summed E-state index contributed by atoms with van der Waals surface area (Å²) in [4.78, 5) is 4.79. The molecule has 0 aliphatic heterocycles. The van der Waals surface area contributed by atoms with Crippen molar-refractivity contribution in [1.29, 1.82) is 0 Å². The second-order valence-electron chi connectivity index (χ2n) is 6.20. The van der Waals surface area contributed by atoms with Crippen LogP contribution in [0.15, 0.2) is 53.5 Å². The average Bonchev–Trinajstić information content (AvgIpc) is 2.68. The van der Waals surface area contributed by atoms with Crippen molar-refractivity contribution in [2.45, 2.75) is 39.7 Å². The molecule has 1 atom stereocenters. The Balaban J connectivity index is 2.22. The molecule has 0 radical (unpaired) electrons. The average molecular weight is 339 g/mol. The van der Waals surface area contributed by atoms with Crippen LogP contribution >= 0.6 is 0 Å². The minimum absolute atomic E-state index is 0.0352. The Morgan fingerprint density at radius 2 is 1.40 bits per heavy atom. The molecule has 25 heavy (non-hydrogen) atoms. The second kappa shape index (κ2) is 10.1. The SMILES string of the molecule is CCc1ccc(C(=NCCOC(C)CO)c2ccc(CC)cc2)cc1. The van der Waals surface area contributed by atoms with Crippen LogP contribution in [0.5, 0.6) is 0 Å². The van der Waals surface area contributed by atoms with E-state index in [4.69, 9.17) is 14.8 Å². The van der Waals surface area contributed by atoms with Crippen molar-refractivity contribution in [3.63, 3.8) is 0 Å². The lowest BCUT2D eigenvalue weighted by molar-refractivity contribution is 0.0296. The van der Waals surface area contributed by atoms with Gasteiger partial charge in [0.25, 0.3) is 0 Å². The van der Waals surface area contributed by atoms with Gasteiger partial charge in [-0.25, -0.2) is 0 Å². The third-order valence-electron chi connectivity index (χ3n) is 4.29. The van der Waals surface area contributed by atoms with Crippen molar-refractivity contribution >= 4 is 5.71 Å². The number of hydrogen-bond donors (Lipinski definition) is 1. The Labute approximate surface area is 151 Å². The van der Waals surface area contributed by atoms with E-state index in [1.54, 1.807) is 0 Å². The molecule has 0 spiro atoms. The maximum atomic E-state index is 9.04. The molecule has 134 valence electrons. The van der Waals surface area contributed by atoms with Crippen molar-refractivity contribution in [2.24, 2.45) is 4.99 Å². The van der Waals surface area contributed by atoms with E-state index >= 15 is 0 Å². The van der Waals surface area contributed by atoms with Crippen LogP contribution in [0.3, 0.4) is 0 Å². The maximum Gasteiger partial charge on any atom is 0.0778 e. The number of rotatable bonds is 9. The fourth-order valence-corrected chi connectivity index (χ4v) is 2.61. The largest absolute Gasteiger partial charge is 0.394 e. The third-order valence-corrected chi connectivity index (χ3v) is 4.29. The lowest BCUT2D eigenvalue weighted by atomic mass is 9.99. The van der Waals surface area contributed by atoms with Crippen LogP contribution < -0.4 is 0 Å². The Morgan fingerprint density at radius 1 is 0.920 bits per heavy atom. The number of aliphatic hydroxyl groups excluding tert-OH is 1. The normalized spacial score (nSPS) is 12.0. The highest BCUT2D eigenvalue weighted by Gasteiger charge is 2.08. The molecule has 0 amide bonds. The lowest BCUT2D eigenvalue weighted by Gasteiger charge is -2.11. The molecular weight excluding hydrogens is 310 g/mol. The first-order valence-corrected chi connectivity index (χ1v) is 9.13. The first kappa shape index (κ1) is 19.4. The molecule has 3 heteroatoms. The highest BCUT2D eigenvalue weighted by atomic mass is 16.5. The zero-order chi connectivity index (χ0) is 18.1. The van der Waals surface area contributed by atoms with E-state index < -0.39 is 0 Å². The molecule has 1 unspecified atom stereocenters. The van der Waals surface area contributed by atoms with E-state index in [2.05, 4.69) is 62.4 Å². The monoisotopic (exact) mass is 339 g/mol. The standard InChI is InChI=1S/C22H29NO2/c1-4-18-6-10-20(11-7-18)22(23-14-15-25-17(3)16-24)21-12-8-19(5-2)9-13-21/h6-13,17,24H,4-5,14-16H2,1-3H3. The van der Waals surface area contributed by atoms with E-state index in [1.807, 2.05) is 6.92 Å². The summed E-state index contributed by atoms with van der Waals surface area (Å²) in [6, 6.07) is 17.2. The van der Waals surface area contributed by atoms with E-state index in [9.17, 15) is 0 Å². The minimum atomic E-state index is -0.147.